The van der Waals surface area contributed by atoms with Crippen LogP contribution in [0.2, 0.25) is 0 Å². The highest BCUT2D eigenvalue weighted by atomic mass is 16.1. The van der Waals surface area contributed by atoms with Crippen molar-refractivity contribution in [1.29, 1.82) is 0 Å². The van der Waals surface area contributed by atoms with Crippen LogP contribution in [0.4, 0.5) is 0 Å². The molecule has 0 unspecified atom stereocenters. The van der Waals surface area contributed by atoms with Crippen molar-refractivity contribution < 1.29 is 4.79 Å². The van der Waals surface area contributed by atoms with Crippen LogP contribution in [0, 0.1) is 5.92 Å². The number of rotatable bonds is 4. The zero-order valence-corrected chi connectivity index (χ0v) is 10.1. The van der Waals surface area contributed by atoms with Crippen molar-refractivity contribution in [3.05, 3.63) is 36.0 Å². The Morgan fingerprint density at radius 2 is 2.12 bits per heavy atom. The monoisotopic (exact) mass is 227 g/mol. The number of hydrogen-bond donors (Lipinski definition) is 0. The molecule has 1 aromatic carbocycles. The Balaban J connectivity index is 2.07. The van der Waals surface area contributed by atoms with E-state index in [2.05, 4.69) is 34.9 Å². The molecule has 1 heterocycles. The van der Waals surface area contributed by atoms with Crippen LogP contribution in [-0.2, 0) is 17.8 Å². The highest BCUT2D eigenvalue weighted by Crippen LogP contribution is 2.33. The van der Waals surface area contributed by atoms with Crippen molar-refractivity contribution in [2.24, 2.45) is 5.92 Å². The minimum Gasteiger partial charge on any atom is -0.344 e. The third-order valence-corrected chi connectivity index (χ3v) is 3.46. The number of ketones is 1. The predicted molar refractivity (Wildman–Crippen MR) is 69.0 cm³/mol. The van der Waals surface area contributed by atoms with E-state index in [-0.39, 0.29) is 5.78 Å². The fourth-order valence-corrected chi connectivity index (χ4v) is 2.44. The number of para-hydroxylation sites is 1. The van der Waals surface area contributed by atoms with Gasteiger partial charge < -0.3 is 4.57 Å². The van der Waals surface area contributed by atoms with Gasteiger partial charge in [0.25, 0.3) is 0 Å². The van der Waals surface area contributed by atoms with E-state index in [1.54, 1.807) is 6.92 Å². The Bertz CT molecular complexity index is 563. The SMILES string of the molecule is CC(=O)Cc1cc2ccccc2n1CC1CC1. The molecule has 2 nitrogen and oxygen atoms in total. The topological polar surface area (TPSA) is 22.0 Å². The van der Waals surface area contributed by atoms with Crippen molar-refractivity contribution in [2.75, 3.05) is 0 Å². The zero-order valence-electron chi connectivity index (χ0n) is 10.1. The number of Topliss-reactive ketones (excluding diaryl/α,β-unsaturated/α-hetero) is 1. The summed E-state index contributed by atoms with van der Waals surface area (Å²) in [7, 11) is 0. The van der Waals surface area contributed by atoms with Crippen LogP contribution in [0.1, 0.15) is 25.5 Å². The fraction of sp³-hybridized carbons (Fsp3) is 0.400. The first-order valence-corrected chi connectivity index (χ1v) is 6.30. The van der Waals surface area contributed by atoms with Gasteiger partial charge in [0.15, 0.2) is 0 Å². The molecular weight excluding hydrogens is 210 g/mol. The van der Waals surface area contributed by atoms with Gasteiger partial charge in [0.05, 0.1) is 0 Å². The van der Waals surface area contributed by atoms with Gasteiger partial charge in [-0.25, -0.2) is 0 Å². The molecule has 0 N–H and O–H groups in total. The van der Waals surface area contributed by atoms with Crippen LogP contribution >= 0.6 is 0 Å². The number of fused-ring (bicyclic) bond motifs is 1. The van der Waals surface area contributed by atoms with E-state index in [9.17, 15) is 4.79 Å². The fourth-order valence-electron chi connectivity index (χ4n) is 2.44. The van der Waals surface area contributed by atoms with Crippen molar-refractivity contribution in [3.8, 4) is 0 Å². The molecule has 0 aliphatic heterocycles. The first-order chi connectivity index (χ1) is 8.24. The molecule has 0 radical (unpaired) electrons. The Hall–Kier alpha value is -1.57. The average molecular weight is 227 g/mol. The van der Waals surface area contributed by atoms with E-state index in [0.717, 1.165) is 12.5 Å². The van der Waals surface area contributed by atoms with Crippen molar-refractivity contribution in [2.45, 2.75) is 32.7 Å². The number of benzene rings is 1. The van der Waals surface area contributed by atoms with E-state index in [4.69, 9.17) is 0 Å². The Labute approximate surface area is 101 Å². The molecule has 1 aliphatic carbocycles. The summed E-state index contributed by atoms with van der Waals surface area (Å²) >= 11 is 0. The first-order valence-electron chi connectivity index (χ1n) is 6.30. The van der Waals surface area contributed by atoms with Crippen molar-refractivity contribution in [3.63, 3.8) is 0 Å². The molecule has 3 rings (SSSR count). The Morgan fingerprint density at radius 1 is 1.35 bits per heavy atom. The van der Waals surface area contributed by atoms with Gasteiger partial charge in [-0.05, 0) is 43.2 Å². The maximum atomic E-state index is 11.3. The predicted octanol–water partition coefficient (Wildman–Crippen LogP) is 3.18. The maximum Gasteiger partial charge on any atom is 0.135 e. The average Bonchev–Trinajstić information content (AvgIpc) is 3.03. The summed E-state index contributed by atoms with van der Waals surface area (Å²) in [4.78, 5) is 11.3. The highest BCUT2D eigenvalue weighted by Gasteiger charge is 2.23. The van der Waals surface area contributed by atoms with Gasteiger partial charge in [-0.3, -0.25) is 4.79 Å². The standard InChI is InChI=1S/C15H17NO/c1-11(17)8-14-9-13-4-2-3-5-15(13)16(14)10-12-6-7-12/h2-5,9,12H,6-8,10H2,1H3. The lowest BCUT2D eigenvalue weighted by atomic mass is 10.2. The van der Waals surface area contributed by atoms with Gasteiger partial charge in [0.1, 0.15) is 5.78 Å². The molecule has 1 fully saturated rings. The summed E-state index contributed by atoms with van der Waals surface area (Å²) in [5.41, 5.74) is 2.45. The molecular formula is C15H17NO. The van der Waals surface area contributed by atoms with Crippen LogP contribution in [0.15, 0.2) is 30.3 Å². The lowest BCUT2D eigenvalue weighted by Crippen LogP contribution is -2.07. The summed E-state index contributed by atoms with van der Waals surface area (Å²) in [5, 5.41) is 1.25. The normalized spacial score (nSPS) is 15.4. The Kier molecular flexibility index (Phi) is 2.50. The summed E-state index contributed by atoms with van der Waals surface area (Å²) in [5.74, 6) is 1.07. The molecule has 1 aliphatic rings. The minimum atomic E-state index is 0.241. The molecule has 0 bridgehead atoms. The van der Waals surface area contributed by atoms with E-state index in [1.807, 2.05) is 0 Å². The summed E-state index contributed by atoms with van der Waals surface area (Å²) in [6.45, 7) is 2.75. The lowest BCUT2D eigenvalue weighted by molar-refractivity contribution is -0.116. The summed E-state index contributed by atoms with van der Waals surface area (Å²) < 4.78 is 2.34. The molecule has 0 saturated heterocycles. The first kappa shape index (κ1) is 10.6. The molecule has 2 aromatic rings. The molecule has 0 atom stereocenters. The van der Waals surface area contributed by atoms with E-state index < -0.39 is 0 Å². The third-order valence-electron chi connectivity index (χ3n) is 3.46. The van der Waals surface area contributed by atoms with Gasteiger partial charge in [0.2, 0.25) is 0 Å². The largest absolute Gasteiger partial charge is 0.344 e. The zero-order chi connectivity index (χ0) is 11.8. The van der Waals surface area contributed by atoms with Gasteiger partial charge in [-0.1, -0.05) is 18.2 Å². The number of carbonyl (C=O) groups is 1. The maximum absolute atomic E-state index is 11.3. The summed E-state index contributed by atoms with van der Waals surface area (Å²) in [6, 6.07) is 10.6. The number of hydrogen-bond acceptors (Lipinski definition) is 1. The van der Waals surface area contributed by atoms with E-state index >= 15 is 0 Å². The van der Waals surface area contributed by atoms with Gasteiger partial charge in [-0.15, -0.1) is 0 Å². The van der Waals surface area contributed by atoms with Crippen molar-refractivity contribution >= 4 is 16.7 Å². The molecule has 0 amide bonds. The van der Waals surface area contributed by atoms with Crippen LogP contribution in [0.25, 0.3) is 10.9 Å². The summed E-state index contributed by atoms with van der Waals surface area (Å²) in [6.07, 6.45) is 3.24. The smallest absolute Gasteiger partial charge is 0.135 e. The second-order valence-corrected chi connectivity index (χ2v) is 5.13. The number of nitrogens with zero attached hydrogens (tertiary/aromatic N) is 1. The van der Waals surface area contributed by atoms with Gasteiger partial charge >= 0.3 is 0 Å². The molecule has 1 saturated carbocycles. The second kappa shape index (κ2) is 4.02. The van der Waals surface area contributed by atoms with Crippen LogP contribution < -0.4 is 0 Å². The van der Waals surface area contributed by atoms with Crippen molar-refractivity contribution in [1.82, 2.24) is 4.57 Å². The molecule has 1 aromatic heterocycles. The lowest BCUT2D eigenvalue weighted by Gasteiger charge is -2.08. The molecule has 2 heteroatoms. The van der Waals surface area contributed by atoms with Gasteiger partial charge in [-0.2, -0.15) is 0 Å². The van der Waals surface area contributed by atoms with Crippen LogP contribution in [0.3, 0.4) is 0 Å². The molecule has 0 spiro atoms. The minimum absolute atomic E-state index is 0.241. The third kappa shape index (κ3) is 2.12. The quantitative estimate of drug-likeness (QED) is 0.786. The van der Waals surface area contributed by atoms with Crippen LogP contribution in [0.5, 0.6) is 0 Å². The van der Waals surface area contributed by atoms with E-state index in [0.29, 0.717) is 6.42 Å². The van der Waals surface area contributed by atoms with Crippen LogP contribution in [-0.4, -0.2) is 10.4 Å². The number of carbonyl (C=O) groups excluding carboxylic acids is 1. The molecule has 17 heavy (non-hydrogen) atoms. The Morgan fingerprint density at radius 3 is 2.82 bits per heavy atom. The van der Waals surface area contributed by atoms with Gasteiger partial charge in [0, 0.05) is 24.2 Å². The molecule has 88 valence electrons. The number of aromatic nitrogens is 1. The highest BCUT2D eigenvalue weighted by molar-refractivity contribution is 5.84. The second-order valence-electron chi connectivity index (χ2n) is 5.13. The van der Waals surface area contributed by atoms with E-state index in [1.165, 1.54) is 29.4 Å².